The molecule has 67 heavy (non-hydrogen) atoms. The highest BCUT2D eigenvalue weighted by Gasteiger charge is 2.32. The Kier molecular flexibility index (Phi) is 21.0. The van der Waals surface area contributed by atoms with Gasteiger partial charge in [-0.1, -0.05) is 44.0 Å². The maximum Gasteiger partial charge on any atom is 0.262 e. The van der Waals surface area contributed by atoms with Crippen LogP contribution in [0.5, 0.6) is 0 Å². The van der Waals surface area contributed by atoms with Crippen molar-refractivity contribution in [2.45, 2.75) is 30.5 Å². The van der Waals surface area contributed by atoms with Crippen LogP contribution in [0.1, 0.15) is 39.4 Å². The Bertz CT molecular complexity index is 3460. The number of hydrogen-bond donors (Lipinski definition) is 2. The first-order valence-corrected chi connectivity index (χ1v) is 29.8. The first-order valence-electron chi connectivity index (χ1n) is 17.4. The van der Waals surface area contributed by atoms with E-state index >= 15 is 0 Å². The molecule has 0 aromatic heterocycles. The summed E-state index contributed by atoms with van der Waals surface area (Å²) in [7, 11) is -11.8. The Labute approximate surface area is 431 Å². The summed E-state index contributed by atoms with van der Waals surface area (Å²) in [5.74, 6) is -0.0583. The lowest BCUT2D eigenvalue weighted by Gasteiger charge is -2.01. The van der Waals surface area contributed by atoms with E-state index in [4.69, 9.17) is 43.2 Å². The summed E-state index contributed by atoms with van der Waals surface area (Å²) in [6.45, 7) is 0. The Morgan fingerprint density at radius 2 is 1.06 bits per heavy atom. The third-order valence-corrected chi connectivity index (χ3v) is 18.2. The lowest BCUT2D eigenvalue weighted by Crippen LogP contribution is -2.11. The topological polar surface area (TPSA) is 318 Å². The van der Waals surface area contributed by atoms with Gasteiger partial charge in [0.05, 0.1) is 81.8 Å². The lowest BCUT2D eigenvalue weighted by atomic mass is 10.1. The fraction of sp³-hybridized carbons (Fsp3) is 0.100. The molecule has 1 atom stereocenters. The van der Waals surface area contributed by atoms with E-state index < -0.39 is 54.4 Å². The second kappa shape index (κ2) is 23.9. The monoisotopic (exact) mass is 1300 g/mol. The molecule has 0 aliphatic carbocycles. The van der Waals surface area contributed by atoms with E-state index in [1.165, 1.54) is 42.7 Å². The van der Waals surface area contributed by atoms with E-state index in [0.717, 1.165) is 16.1 Å². The van der Waals surface area contributed by atoms with Gasteiger partial charge in [-0.25, -0.2) is 42.1 Å². The summed E-state index contributed by atoms with van der Waals surface area (Å²) in [5.41, 5.74) is 13.4. The molecule has 0 saturated carbocycles. The minimum atomic E-state index is -3.66. The van der Waals surface area contributed by atoms with Crippen LogP contribution < -0.4 is 11.5 Å². The maximum atomic E-state index is 11.5. The van der Waals surface area contributed by atoms with Crippen molar-refractivity contribution < 1.29 is 42.1 Å². The van der Waals surface area contributed by atoms with Crippen molar-refractivity contribution in [1.82, 2.24) is 0 Å². The fourth-order valence-corrected chi connectivity index (χ4v) is 14.3. The predicted molar refractivity (Wildman–Crippen MR) is 267 cm³/mol. The number of halogens is 6. The standard InChI is InChI=1S/C9H8N2O2S.2C9H6N2O2S.C7H6Br2O2S.C6H3Br2ClO2S.ClH/c2*10-4-6-1-2-7-8(11)5-14(12,13)9(7)3-6;1-14(12,13)9-4-7(5-10)2-3-8(9)6-11;1-12(10,11)7-4-5(8)2-3-6(7)9;7-4-1-2-5(8)6(3-4)12(9,10)11;/h1-3,8H,5,11H2;1-3,5H,11H2;2-4H,1H3;2-4H,1H3;1-3H;1H. The van der Waals surface area contributed by atoms with Gasteiger partial charge in [0, 0.05) is 52.7 Å². The van der Waals surface area contributed by atoms with Gasteiger partial charge in [-0.3, -0.25) is 0 Å². The number of benzene rings is 5. The summed E-state index contributed by atoms with van der Waals surface area (Å²) in [6.07, 6.45) is 2.18. The molecular weight excluding hydrogens is 1280 g/mol. The molecule has 352 valence electrons. The number of sulfone groups is 4. The quantitative estimate of drug-likeness (QED) is 0.162. The molecule has 7 rings (SSSR count). The van der Waals surface area contributed by atoms with Crippen LogP contribution in [0.2, 0.25) is 0 Å². The average Bonchev–Trinajstić information content (AvgIpc) is 3.62. The number of nitrogens with two attached hydrogens (primary N) is 2. The van der Waals surface area contributed by atoms with Crippen LogP contribution in [0.4, 0.5) is 0 Å². The second-order valence-corrected chi connectivity index (χ2v) is 27.1. The first kappa shape index (κ1) is 58.9. The summed E-state index contributed by atoms with van der Waals surface area (Å²) < 4.78 is 115. The fourth-order valence-electron chi connectivity index (χ4n) is 5.37. The number of nitriles is 4. The van der Waals surface area contributed by atoms with Crippen molar-refractivity contribution in [2.24, 2.45) is 11.5 Å². The number of fused-ring (bicyclic) bond motifs is 2. The molecule has 0 fully saturated rings. The van der Waals surface area contributed by atoms with Gasteiger partial charge in [0.1, 0.15) is 6.07 Å². The van der Waals surface area contributed by atoms with E-state index in [1.54, 1.807) is 60.7 Å². The molecule has 0 bridgehead atoms. The lowest BCUT2D eigenvalue weighted by molar-refractivity contribution is 0.596. The summed E-state index contributed by atoms with van der Waals surface area (Å²) in [4.78, 5) is 0.604. The van der Waals surface area contributed by atoms with Gasteiger partial charge in [0.25, 0.3) is 9.05 Å². The molecule has 5 aromatic carbocycles. The smallest absolute Gasteiger partial charge is 0.262 e. The van der Waals surface area contributed by atoms with Gasteiger partial charge in [-0.05, 0) is 116 Å². The van der Waals surface area contributed by atoms with Crippen molar-refractivity contribution in [3.63, 3.8) is 0 Å². The molecular formula is C40H30Br4Cl2N6O10S5. The van der Waals surface area contributed by atoms with Crippen molar-refractivity contribution in [3.8, 4) is 24.3 Å². The Hall–Kier alpha value is -4.19. The van der Waals surface area contributed by atoms with Crippen LogP contribution in [0.3, 0.4) is 0 Å². The van der Waals surface area contributed by atoms with Crippen molar-refractivity contribution in [2.75, 3.05) is 18.3 Å². The molecule has 0 saturated heterocycles. The molecule has 1 unspecified atom stereocenters. The average molecular weight is 1310 g/mol. The van der Waals surface area contributed by atoms with Crippen molar-refractivity contribution in [3.05, 3.63) is 148 Å². The minimum absolute atomic E-state index is 0. The van der Waals surface area contributed by atoms with E-state index in [2.05, 4.69) is 63.7 Å². The van der Waals surface area contributed by atoms with Crippen LogP contribution in [0, 0.1) is 45.3 Å². The van der Waals surface area contributed by atoms with Crippen molar-refractivity contribution >= 4 is 141 Å². The van der Waals surface area contributed by atoms with E-state index in [0.29, 0.717) is 40.6 Å². The minimum Gasteiger partial charge on any atom is -0.398 e. The molecule has 4 N–H and O–H groups in total. The zero-order valence-electron chi connectivity index (χ0n) is 33.9. The Morgan fingerprint density at radius 3 is 1.51 bits per heavy atom. The van der Waals surface area contributed by atoms with Gasteiger partial charge >= 0.3 is 0 Å². The summed E-state index contributed by atoms with van der Waals surface area (Å²) in [5, 5.41) is 35.5. The third-order valence-electron chi connectivity index (χ3n) is 8.37. The molecule has 0 radical (unpaired) electrons. The van der Waals surface area contributed by atoms with Gasteiger partial charge in [-0.15, -0.1) is 12.4 Å². The molecule has 0 amide bonds. The summed E-state index contributed by atoms with van der Waals surface area (Å²) >= 11 is 12.6. The normalized spacial score (nSPS) is 14.6. The van der Waals surface area contributed by atoms with Crippen LogP contribution in [0.15, 0.2) is 139 Å². The van der Waals surface area contributed by atoms with Gasteiger partial charge in [-0.2, -0.15) is 21.0 Å². The van der Waals surface area contributed by atoms with Gasteiger partial charge < -0.3 is 11.5 Å². The van der Waals surface area contributed by atoms with E-state index in [9.17, 15) is 42.1 Å². The zero-order valence-corrected chi connectivity index (χ0v) is 45.9. The first-order chi connectivity index (χ1) is 30.4. The highest BCUT2D eigenvalue weighted by molar-refractivity contribution is 9.11. The molecule has 16 nitrogen and oxygen atoms in total. The highest BCUT2D eigenvalue weighted by atomic mass is 79.9. The van der Waals surface area contributed by atoms with E-state index in [1.807, 2.05) is 18.2 Å². The molecule has 27 heteroatoms. The number of nitrogens with zero attached hydrogens (tertiary/aromatic N) is 4. The molecule has 5 aromatic rings. The van der Waals surface area contributed by atoms with Crippen LogP contribution in [0.25, 0.3) is 5.70 Å². The van der Waals surface area contributed by atoms with Gasteiger partial charge in [0.2, 0.25) is 9.84 Å². The van der Waals surface area contributed by atoms with Crippen LogP contribution in [-0.2, 0) is 48.4 Å². The molecule has 2 aliphatic heterocycles. The highest BCUT2D eigenvalue weighted by Crippen LogP contribution is 2.33. The zero-order chi connectivity index (χ0) is 50.2. The Balaban J connectivity index is 0.000000287. The van der Waals surface area contributed by atoms with E-state index in [-0.39, 0.29) is 54.6 Å². The number of rotatable bonds is 3. The third kappa shape index (κ3) is 16.2. The number of hydrogen-bond acceptors (Lipinski definition) is 16. The maximum absolute atomic E-state index is 11.5. The SMILES string of the molecule is CS(=O)(=O)c1cc(Br)ccc1Br.CS(=O)(=O)c1cc(C#N)ccc1C#N.Cl.N#Cc1ccc2c(c1)S(=O)(=O)C=C2N.N#Cc1ccc2c(c1)S(=O)(=O)CC2N.O=S(=O)(Cl)c1cc(Br)ccc1Br. The Morgan fingerprint density at radius 1 is 0.612 bits per heavy atom. The molecule has 0 spiro atoms. The van der Waals surface area contributed by atoms with Crippen LogP contribution >= 0.6 is 86.8 Å². The predicted octanol–water partition coefficient (Wildman–Crippen LogP) is 7.96. The van der Waals surface area contributed by atoms with Crippen LogP contribution in [-0.4, -0.2) is 60.4 Å². The largest absolute Gasteiger partial charge is 0.398 e. The molecule has 2 heterocycles. The van der Waals surface area contributed by atoms with Crippen molar-refractivity contribution in [1.29, 1.82) is 21.0 Å². The summed E-state index contributed by atoms with van der Waals surface area (Å²) in [6, 6.07) is 29.7. The van der Waals surface area contributed by atoms with Gasteiger partial charge in [0.15, 0.2) is 29.5 Å². The molecule has 2 aliphatic rings. The second-order valence-electron chi connectivity index (χ2n) is 13.3.